The van der Waals surface area contributed by atoms with E-state index >= 15 is 0 Å². The smallest absolute Gasteiger partial charge is 0.338 e. The molecular weight excluding hydrogens is 416 g/mol. The highest BCUT2D eigenvalue weighted by atomic mass is 32.2. The number of nitrogens with one attached hydrogen (secondary N) is 2. The standard InChI is InChI=1S/C23H22N2O5S/c1-13-4-5-15(8-14(13)2)9-16-6-7-20-19(10-16)25-22-18(23(26)27)11-17(12-21(22)30-20)31(28,29)24-3/h4-8,10-12,24-25H,9H2,1-3H3,(H,26,27). The molecule has 31 heavy (non-hydrogen) atoms. The van der Waals surface area contributed by atoms with Gasteiger partial charge in [0.2, 0.25) is 10.0 Å². The number of carboxylic acid groups (broad SMARTS) is 1. The van der Waals surface area contributed by atoms with Gasteiger partial charge in [0.1, 0.15) is 0 Å². The third-order valence-corrected chi connectivity index (χ3v) is 6.78. The van der Waals surface area contributed by atoms with Crippen LogP contribution in [0.1, 0.15) is 32.6 Å². The summed E-state index contributed by atoms with van der Waals surface area (Å²) in [7, 11) is -2.57. The van der Waals surface area contributed by atoms with Crippen molar-refractivity contribution in [3.63, 3.8) is 0 Å². The van der Waals surface area contributed by atoms with Crippen LogP contribution in [0.3, 0.4) is 0 Å². The Labute approximate surface area is 180 Å². The van der Waals surface area contributed by atoms with E-state index in [1.807, 2.05) is 12.1 Å². The molecule has 3 N–H and O–H groups in total. The SMILES string of the molecule is CNS(=O)(=O)c1cc2c(c(C(=O)O)c1)Nc1cc(Cc3ccc(C)c(C)c3)ccc1O2. The van der Waals surface area contributed by atoms with E-state index in [0.29, 0.717) is 17.9 Å². The largest absolute Gasteiger partial charge is 0.478 e. The van der Waals surface area contributed by atoms with E-state index in [1.54, 1.807) is 6.07 Å². The zero-order valence-electron chi connectivity index (χ0n) is 17.3. The number of aromatic carboxylic acids is 1. The first-order valence-electron chi connectivity index (χ1n) is 9.67. The molecule has 0 atom stereocenters. The summed E-state index contributed by atoms with van der Waals surface area (Å²) in [6.45, 7) is 4.15. The van der Waals surface area contributed by atoms with Crippen LogP contribution in [0.2, 0.25) is 0 Å². The second kappa shape index (κ2) is 7.72. The molecule has 0 bridgehead atoms. The van der Waals surface area contributed by atoms with Crippen LogP contribution in [-0.2, 0) is 16.4 Å². The molecule has 0 unspecified atom stereocenters. The Morgan fingerprint density at radius 2 is 1.71 bits per heavy atom. The third-order valence-electron chi connectivity index (χ3n) is 5.39. The Morgan fingerprint density at radius 3 is 2.39 bits per heavy atom. The number of hydrogen-bond acceptors (Lipinski definition) is 5. The van der Waals surface area contributed by atoms with Crippen LogP contribution >= 0.6 is 0 Å². The molecule has 8 heteroatoms. The minimum absolute atomic E-state index is 0.142. The average Bonchev–Trinajstić information content (AvgIpc) is 2.74. The van der Waals surface area contributed by atoms with Crippen LogP contribution in [0.5, 0.6) is 11.5 Å². The minimum Gasteiger partial charge on any atom is -0.478 e. The van der Waals surface area contributed by atoms with E-state index in [-0.39, 0.29) is 21.9 Å². The third kappa shape index (κ3) is 3.99. The van der Waals surface area contributed by atoms with Crippen molar-refractivity contribution in [1.82, 2.24) is 4.72 Å². The predicted octanol–water partition coefficient (Wildman–Crippen LogP) is 4.35. The fourth-order valence-corrected chi connectivity index (χ4v) is 4.29. The number of sulfonamides is 1. The lowest BCUT2D eigenvalue weighted by Crippen LogP contribution is -2.20. The topological polar surface area (TPSA) is 105 Å². The molecule has 0 aliphatic carbocycles. The molecule has 0 amide bonds. The molecule has 4 rings (SSSR count). The van der Waals surface area contributed by atoms with Gasteiger partial charge < -0.3 is 15.2 Å². The van der Waals surface area contributed by atoms with Gasteiger partial charge in [0, 0.05) is 6.07 Å². The van der Waals surface area contributed by atoms with Gasteiger partial charge >= 0.3 is 5.97 Å². The number of anilines is 2. The first-order valence-corrected chi connectivity index (χ1v) is 11.1. The number of aryl methyl sites for hydroxylation is 2. The van der Waals surface area contributed by atoms with Crippen LogP contribution in [-0.4, -0.2) is 26.5 Å². The summed E-state index contributed by atoms with van der Waals surface area (Å²) in [5.41, 5.74) is 5.34. The van der Waals surface area contributed by atoms with E-state index in [0.717, 1.165) is 11.6 Å². The molecule has 3 aromatic rings. The Hall–Kier alpha value is -3.36. The minimum atomic E-state index is -3.83. The number of carboxylic acids is 1. The van der Waals surface area contributed by atoms with E-state index in [1.165, 1.54) is 29.8 Å². The number of ether oxygens (including phenoxy) is 1. The summed E-state index contributed by atoms with van der Waals surface area (Å²) in [6.07, 6.45) is 0.716. The van der Waals surface area contributed by atoms with Crippen molar-refractivity contribution >= 4 is 27.4 Å². The maximum atomic E-state index is 12.2. The van der Waals surface area contributed by atoms with Crippen molar-refractivity contribution in [2.24, 2.45) is 0 Å². The van der Waals surface area contributed by atoms with Crippen LogP contribution in [0, 0.1) is 13.8 Å². The second-order valence-electron chi connectivity index (χ2n) is 7.51. The maximum absolute atomic E-state index is 12.2. The van der Waals surface area contributed by atoms with Crippen molar-refractivity contribution in [3.05, 3.63) is 76.3 Å². The number of benzene rings is 3. The van der Waals surface area contributed by atoms with Crippen molar-refractivity contribution in [2.75, 3.05) is 12.4 Å². The lowest BCUT2D eigenvalue weighted by atomic mass is 9.99. The molecule has 0 spiro atoms. The molecule has 160 valence electrons. The number of rotatable bonds is 5. The number of hydrogen-bond donors (Lipinski definition) is 3. The maximum Gasteiger partial charge on any atom is 0.338 e. The predicted molar refractivity (Wildman–Crippen MR) is 118 cm³/mol. The van der Waals surface area contributed by atoms with Gasteiger partial charge in [-0.1, -0.05) is 24.3 Å². The fraction of sp³-hybridized carbons (Fsp3) is 0.174. The lowest BCUT2D eigenvalue weighted by Gasteiger charge is -2.24. The number of carbonyl (C=O) groups is 1. The van der Waals surface area contributed by atoms with Crippen molar-refractivity contribution in [1.29, 1.82) is 0 Å². The molecule has 7 nitrogen and oxygen atoms in total. The Bertz CT molecular complexity index is 1320. The van der Waals surface area contributed by atoms with Gasteiger partial charge in [-0.3, -0.25) is 0 Å². The monoisotopic (exact) mass is 438 g/mol. The summed E-state index contributed by atoms with van der Waals surface area (Å²) >= 11 is 0. The van der Waals surface area contributed by atoms with Gasteiger partial charge in [-0.25, -0.2) is 17.9 Å². The second-order valence-corrected chi connectivity index (χ2v) is 9.40. The van der Waals surface area contributed by atoms with Gasteiger partial charge in [-0.2, -0.15) is 0 Å². The summed E-state index contributed by atoms with van der Waals surface area (Å²) < 4.78 is 32.4. The Balaban J connectivity index is 1.71. The van der Waals surface area contributed by atoms with Crippen LogP contribution in [0.25, 0.3) is 0 Å². The van der Waals surface area contributed by atoms with Crippen LogP contribution in [0.15, 0.2) is 53.4 Å². The molecule has 0 fully saturated rings. The highest BCUT2D eigenvalue weighted by molar-refractivity contribution is 7.89. The quantitative estimate of drug-likeness (QED) is 0.428. The Morgan fingerprint density at radius 1 is 1.00 bits per heavy atom. The van der Waals surface area contributed by atoms with Crippen LogP contribution in [0.4, 0.5) is 11.4 Å². The van der Waals surface area contributed by atoms with E-state index in [4.69, 9.17) is 4.74 Å². The van der Waals surface area contributed by atoms with Gasteiger partial charge in [0.15, 0.2) is 11.5 Å². The highest BCUT2D eigenvalue weighted by Gasteiger charge is 2.27. The average molecular weight is 439 g/mol. The van der Waals surface area contributed by atoms with Gasteiger partial charge in [0.25, 0.3) is 0 Å². The van der Waals surface area contributed by atoms with Gasteiger partial charge in [-0.15, -0.1) is 0 Å². The van der Waals surface area contributed by atoms with Crippen molar-refractivity contribution < 1.29 is 23.1 Å². The first kappa shape index (κ1) is 20.9. The summed E-state index contributed by atoms with van der Waals surface area (Å²) in [5.74, 6) is -0.620. The molecule has 0 radical (unpaired) electrons. The molecule has 1 aliphatic rings. The molecule has 0 saturated carbocycles. The van der Waals surface area contributed by atoms with Gasteiger partial charge in [0.05, 0.1) is 21.8 Å². The fourth-order valence-electron chi connectivity index (χ4n) is 3.52. The zero-order chi connectivity index (χ0) is 22.3. The highest BCUT2D eigenvalue weighted by Crippen LogP contribution is 2.45. The first-order chi connectivity index (χ1) is 14.7. The molecular formula is C23H22N2O5S. The lowest BCUT2D eigenvalue weighted by molar-refractivity contribution is 0.0697. The molecule has 1 heterocycles. The molecule has 0 saturated heterocycles. The molecule has 3 aromatic carbocycles. The van der Waals surface area contributed by atoms with E-state index < -0.39 is 16.0 Å². The van der Waals surface area contributed by atoms with Crippen molar-refractivity contribution in [2.45, 2.75) is 25.2 Å². The molecule has 0 aromatic heterocycles. The summed E-state index contributed by atoms with van der Waals surface area (Å²) in [5, 5.41) is 12.8. The Kier molecular flexibility index (Phi) is 5.20. The van der Waals surface area contributed by atoms with Crippen LogP contribution < -0.4 is 14.8 Å². The molecule has 1 aliphatic heterocycles. The summed E-state index contributed by atoms with van der Waals surface area (Å²) in [4.78, 5) is 11.6. The van der Waals surface area contributed by atoms with E-state index in [2.05, 4.69) is 42.1 Å². The van der Waals surface area contributed by atoms with Crippen molar-refractivity contribution in [3.8, 4) is 11.5 Å². The summed E-state index contributed by atoms with van der Waals surface area (Å²) in [6, 6.07) is 14.4. The van der Waals surface area contributed by atoms with E-state index in [9.17, 15) is 18.3 Å². The normalized spacial score (nSPS) is 12.4. The number of fused-ring (bicyclic) bond motifs is 2. The zero-order valence-corrected chi connectivity index (χ0v) is 18.1. The van der Waals surface area contributed by atoms with Gasteiger partial charge in [-0.05, 0) is 67.8 Å².